The van der Waals surface area contributed by atoms with E-state index in [1.165, 1.54) is 16.7 Å². The maximum atomic E-state index is 5.98. The normalized spacial score (nSPS) is 14.9. The second-order valence-corrected chi connectivity index (χ2v) is 5.70. The molecule has 108 valence electrons. The van der Waals surface area contributed by atoms with Gasteiger partial charge in [-0.25, -0.2) is 0 Å². The molecule has 2 aromatic rings. The topological polar surface area (TPSA) is 18.5 Å². The van der Waals surface area contributed by atoms with Crippen LogP contribution in [0.15, 0.2) is 48.5 Å². The number of fused-ring (bicyclic) bond motifs is 2. The first kappa shape index (κ1) is 14.2. The number of allylic oxidation sites excluding steroid dienone is 1. The number of rotatable bonds is 3. The molecule has 0 saturated carbocycles. The number of ether oxygens (including phenoxy) is 2. The van der Waals surface area contributed by atoms with Crippen molar-refractivity contribution in [2.24, 2.45) is 0 Å². The molecule has 0 saturated heterocycles. The average Bonchev–Trinajstić information content (AvgIpc) is 2.69. The van der Waals surface area contributed by atoms with Gasteiger partial charge in [0.25, 0.3) is 0 Å². The second-order valence-electron chi connectivity index (χ2n) is 4.90. The van der Waals surface area contributed by atoms with Crippen LogP contribution in [0.5, 0.6) is 11.5 Å². The van der Waals surface area contributed by atoms with E-state index in [9.17, 15) is 0 Å². The molecule has 0 amide bonds. The van der Waals surface area contributed by atoms with Gasteiger partial charge in [-0.1, -0.05) is 46.3 Å². The van der Waals surface area contributed by atoms with Gasteiger partial charge >= 0.3 is 0 Å². The number of methoxy groups -OCH3 is 1. The Morgan fingerprint density at radius 1 is 1.19 bits per heavy atom. The van der Waals surface area contributed by atoms with Crippen LogP contribution in [0.25, 0.3) is 5.57 Å². The molecule has 2 aromatic carbocycles. The summed E-state index contributed by atoms with van der Waals surface area (Å²) < 4.78 is 11.3. The van der Waals surface area contributed by atoms with E-state index in [-0.39, 0.29) is 0 Å². The molecule has 0 unspecified atom stereocenters. The first-order valence-corrected chi connectivity index (χ1v) is 8.11. The summed E-state index contributed by atoms with van der Waals surface area (Å²) in [7, 11) is 1.69. The number of hydrogen-bond acceptors (Lipinski definition) is 2. The molecule has 0 aromatic heterocycles. The van der Waals surface area contributed by atoms with Crippen molar-refractivity contribution in [2.45, 2.75) is 13.0 Å². The molecule has 0 atom stereocenters. The third kappa shape index (κ3) is 2.84. The van der Waals surface area contributed by atoms with Crippen molar-refractivity contribution in [1.82, 2.24) is 0 Å². The monoisotopic (exact) mass is 344 g/mol. The molecule has 21 heavy (non-hydrogen) atoms. The molecular formula is C18H17BrO2. The Morgan fingerprint density at radius 2 is 2.05 bits per heavy atom. The highest BCUT2D eigenvalue weighted by atomic mass is 79.9. The fourth-order valence-electron chi connectivity index (χ4n) is 2.60. The van der Waals surface area contributed by atoms with Crippen LogP contribution in [0.2, 0.25) is 0 Å². The van der Waals surface area contributed by atoms with Crippen molar-refractivity contribution >= 4 is 21.5 Å². The summed E-state index contributed by atoms with van der Waals surface area (Å²) in [6.45, 7) is 0.598. The van der Waals surface area contributed by atoms with Gasteiger partial charge in [0.1, 0.15) is 18.1 Å². The summed E-state index contributed by atoms with van der Waals surface area (Å²) in [5.74, 6) is 1.76. The summed E-state index contributed by atoms with van der Waals surface area (Å²) in [6.07, 6.45) is 3.24. The molecule has 1 heterocycles. The fourth-order valence-corrected chi connectivity index (χ4v) is 2.83. The molecule has 0 fully saturated rings. The van der Waals surface area contributed by atoms with Gasteiger partial charge in [-0.05, 0) is 41.3 Å². The van der Waals surface area contributed by atoms with Crippen LogP contribution in [0.4, 0.5) is 0 Å². The zero-order chi connectivity index (χ0) is 14.7. The van der Waals surface area contributed by atoms with Gasteiger partial charge in [-0.3, -0.25) is 0 Å². The molecule has 3 rings (SSSR count). The number of halogens is 1. The Kier molecular flexibility index (Phi) is 4.30. The van der Waals surface area contributed by atoms with Gasteiger partial charge in [0.2, 0.25) is 0 Å². The van der Waals surface area contributed by atoms with Gasteiger partial charge in [0.05, 0.1) is 7.11 Å². The van der Waals surface area contributed by atoms with E-state index in [1.807, 2.05) is 12.1 Å². The van der Waals surface area contributed by atoms with Crippen molar-refractivity contribution in [1.29, 1.82) is 0 Å². The second kappa shape index (κ2) is 6.35. The van der Waals surface area contributed by atoms with E-state index < -0.39 is 0 Å². The quantitative estimate of drug-likeness (QED) is 0.744. The largest absolute Gasteiger partial charge is 0.497 e. The number of hydrogen-bond donors (Lipinski definition) is 0. The average molecular weight is 345 g/mol. The molecule has 1 aliphatic heterocycles. The zero-order valence-electron chi connectivity index (χ0n) is 11.9. The van der Waals surface area contributed by atoms with Crippen LogP contribution >= 0.6 is 15.9 Å². The predicted molar refractivity (Wildman–Crippen MR) is 89.3 cm³/mol. The standard InChI is InChI=1S/C18H17BrO2/c1-20-14-8-9-18-17(11-14)16(7-4-10-19)15-6-3-2-5-13(15)12-21-18/h2-3,5-9,11H,4,10,12H2,1H3. The van der Waals surface area contributed by atoms with Crippen molar-refractivity contribution in [2.75, 3.05) is 12.4 Å². The van der Waals surface area contributed by atoms with Crippen LogP contribution in [0, 0.1) is 0 Å². The molecule has 0 N–H and O–H groups in total. The van der Waals surface area contributed by atoms with Crippen LogP contribution < -0.4 is 9.47 Å². The number of alkyl halides is 1. The lowest BCUT2D eigenvalue weighted by Crippen LogP contribution is -1.95. The minimum atomic E-state index is 0.598. The van der Waals surface area contributed by atoms with Crippen molar-refractivity contribution in [3.63, 3.8) is 0 Å². The molecule has 0 aliphatic carbocycles. The Balaban J connectivity index is 2.19. The Labute approximate surface area is 133 Å². The third-order valence-electron chi connectivity index (χ3n) is 3.63. The smallest absolute Gasteiger partial charge is 0.127 e. The van der Waals surface area contributed by atoms with Crippen molar-refractivity contribution < 1.29 is 9.47 Å². The summed E-state index contributed by atoms with van der Waals surface area (Å²) in [4.78, 5) is 0. The molecule has 0 spiro atoms. The van der Waals surface area contributed by atoms with Gasteiger partial charge in [0.15, 0.2) is 0 Å². The van der Waals surface area contributed by atoms with Crippen LogP contribution in [-0.2, 0) is 6.61 Å². The minimum absolute atomic E-state index is 0.598. The molecular weight excluding hydrogens is 328 g/mol. The minimum Gasteiger partial charge on any atom is -0.497 e. The van der Waals surface area contributed by atoms with Crippen molar-refractivity contribution in [3.05, 3.63) is 65.2 Å². The molecule has 3 heteroatoms. The summed E-state index contributed by atoms with van der Waals surface area (Å²) in [6, 6.07) is 14.4. The van der Waals surface area contributed by atoms with Crippen LogP contribution in [0.1, 0.15) is 23.1 Å². The maximum absolute atomic E-state index is 5.98. The lowest BCUT2D eigenvalue weighted by Gasteiger charge is -2.12. The van der Waals surface area contributed by atoms with E-state index in [0.29, 0.717) is 6.61 Å². The van der Waals surface area contributed by atoms with E-state index in [0.717, 1.165) is 28.8 Å². The lowest BCUT2D eigenvalue weighted by molar-refractivity contribution is 0.306. The SMILES string of the molecule is COc1ccc2c(c1)C(=CCCBr)c1ccccc1CO2. The fraction of sp³-hybridized carbons (Fsp3) is 0.222. The number of benzene rings is 2. The Morgan fingerprint density at radius 3 is 2.86 bits per heavy atom. The van der Waals surface area contributed by atoms with Gasteiger partial charge in [0, 0.05) is 10.9 Å². The Bertz CT molecular complexity index is 677. The summed E-state index contributed by atoms with van der Waals surface area (Å²) in [5, 5.41) is 0.943. The van der Waals surface area contributed by atoms with Crippen LogP contribution in [0.3, 0.4) is 0 Å². The van der Waals surface area contributed by atoms with Crippen molar-refractivity contribution in [3.8, 4) is 11.5 Å². The van der Waals surface area contributed by atoms with Gasteiger partial charge < -0.3 is 9.47 Å². The van der Waals surface area contributed by atoms with E-state index in [2.05, 4.69) is 52.3 Å². The molecule has 2 nitrogen and oxygen atoms in total. The summed E-state index contributed by atoms with van der Waals surface area (Å²) in [5.41, 5.74) is 4.77. The van der Waals surface area contributed by atoms with E-state index in [4.69, 9.17) is 9.47 Å². The first-order valence-electron chi connectivity index (χ1n) is 6.99. The first-order chi connectivity index (χ1) is 10.3. The highest BCUT2D eigenvalue weighted by Gasteiger charge is 2.19. The van der Waals surface area contributed by atoms with Gasteiger partial charge in [-0.2, -0.15) is 0 Å². The molecule has 0 radical (unpaired) electrons. The molecule has 0 bridgehead atoms. The lowest BCUT2D eigenvalue weighted by atomic mass is 9.93. The van der Waals surface area contributed by atoms with Gasteiger partial charge in [-0.15, -0.1) is 0 Å². The zero-order valence-corrected chi connectivity index (χ0v) is 13.5. The molecule has 1 aliphatic rings. The highest BCUT2D eigenvalue weighted by molar-refractivity contribution is 9.09. The highest BCUT2D eigenvalue weighted by Crippen LogP contribution is 2.38. The van der Waals surface area contributed by atoms with E-state index in [1.54, 1.807) is 7.11 Å². The summed E-state index contributed by atoms with van der Waals surface area (Å²) >= 11 is 3.50. The predicted octanol–water partition coefficient (Wildman–Crippen LogP) is 4.80. The third-order valence-corrected chi connectivity index (χ3v) is 4.08. The van der Waals surface area contributed by atoms with E-state index >= 15 is 0 Å². The Hall–Kier alpha value is -1.74. The van der Waals surface area contributed by atoms with Crippen LogP contribution in [-0.4, -0.2) is 12.4 Å². The maximum Gasteiger partial charge on any atom is 0.127 e.